The molecular formula is C108H74B2N6. The fourth-order valence-corrected chi connectivity index (χ4v) is 18.9. The number of benzene rings is 18. The highest BCUT2D eigenvalue weighted by Gasteiger charge is 2.50. The van der Waals surface area contributed by atoms with Crippen LogP contribution in [-0.4, -0.2) is 13.4 Å². The summed E-state index contributed by atoms with van der Waals surface area (Å²) in [5.41, 5.74) is 37.7. The molecule has 4 heterocycles. The molecule has 0 aliphatic carbocycles. The van der Waals surface area contributed by atoms with E-state index in [1.807, 2.05) is 0 Å². The number of rotatable bonds is 15. The van der Waals surface area contributed by atoms with Crippen LogP contribution in [0.1, 0.15) is 0 Å². The molecule has 18 aromatic rings. The highest BCUT2D eigenvalue weighted by Crippen LogP contribution is 2.56. The molecule has 18 aromatic carbocycles. The van der Waals surface area contributed by atoms with Crippen LogP contribution >= 0.6 is 0 Å². The van der Waals surface area contributed by atoms with Gasteiger partial charge in [0, 0.05) is 96.1 Å². The molecule has 4 aliphatic rings. The zero-order valence-electron chi connectivity index (χ0n) is 63.6. The van der Waals surface area contributed by atoms with Crippen LogP contribution in [0, 0.1) is 0 Å². The first kappa shape index (κ1) is 67.8. The third-order valence-corrected chi connectivity index (χ3v) is 23.7. The van der Waals surface area contributed by atoms with Crippen molar-refractivity contribution in [2.75, 3.05) is 29.4 Å². The van der Waals surface area contributed by atoms with E-state index in [2.05, 4.69) is 478 Å². The van der Waals surface area contributed by atoms with Crippen molar-refractivity contribution in [3.8, 4) is 55.6 Å². The predicted octanol–water partition coefficient (Wildman–Crippen LogP) is 25.1. The molecule has 0 atom stereocenters. The van der Waals surface area contributed by atoms with Crippen molar-refractivity contribution in [1.29, 1.82) is 0 Å². The maximum Gasteiger partial charge on any atom is 0.252 e. The second-order valence-electron chi connectivity index (χ2n) is 30.2. The van der Waals surface area contributed by atoms with Crippen molar-refractivity contribution in [3.63, 3.8) is 0 Å². The number of hydrogen-bond donors (Lipinski definition) is 0. The summed E-state index contributed by atoms with van der Waals surface area (Å²) in [5.74, 6) is 0. The minimum absolute atomic E-state index is 0.288. The van der Waals surface area contributed by atoms with E-state index in [-0.39, 0.29) is 13.4 Å². The summed E-state index contributed by atoms with van der Waals surface area (Å²) >= 11 is 0. The largest absolute Gasteiger partial charge is 0.311 e. The molecule has 6 nitrogen and oxygen atoms in total. The molecule has 542 valence electrons. The molecule has 0 radical (unpaired) electrons. The van der Waals surface area contributed by atoms with E-state index in [0.29, 0.717) is 0 Å². The Labute approximate surface area is 678 Å². The molecule has 22 rings (SSSR count). The second kappa shape index (κ2) is 28.6. The lowest BCUT2D eigenvalue weighted by atomic mass is 9.30. The fourth-order valence-electron chi connectivity index (χ4n) is 18.9. The summed E-state index contributed by atoms with van der Waals surface area (Å²) in [6.45, 7) is -0.581. The minimum Gasteiger partial charge on any atom is -0.311 e. The summed E-state index contributed by atoms with van der Waals surface area (Å²) in [4.78, 5) is 15.5. The molecule has 0 saturated carbocycles. The Morgan fingerprint density at radius 1 is 0.172 bits per heavy atom. The van der Waals surface area contributed by atoms with E-state index >= 15 is 0 Å². The first-order valence-corrected chi connectivity index (χ1v) is 40.0. The molecule has 0 aromatic heterocycles. The average Bonchev–Trinajstić information content (AvgIpc) is 0.680. The average molecular weight is 1480 g/mol. The molecule has 0 fully saturated rings. The van der Waals surface area contributed by atoms with Gasteiger partial charge in [-0.05, 0) is 170 Å². The Hall–Kier alpha value is -15.1. The van der Waals surface area contributed by atoms with Crippen LogP contribution in [0.4, 0.5) is 102 Å². The molecule has 0 amide bonds. The monoisotopic (exact) mass is 1480 g/mol. The first-order chi connectivity index (χ1) is 57.6. The van der Waals surface area contributed by atoms with Crippen LogP contribution in [0.2, 0.25) is 0 Å². The highest BCUT2D eigenvalue weighted by atomic mass is 15.2. The Kier molecular flexibility index (Phi) is 16.7. The summed E-state index contributed by atoms with van der Waals surface area (Å²) in [6, 6.07) is 167. The maximum atomic E-state index is 2.71. The van der Waals surface area contributed by atoms with E-state index in [4.69, 9.17) is 0 Å². The first-order valence-electron chi connectivity index (χ1n) is 40.0. The lowest BCUT2D eigenvalue weighted by Gasteiger charge is -2.48. The quantitative estimate of drug-likeness (QED) is 0.0946. The Bertz CT molecular complexity index is 6680. The predicted molar refractivity (Wildman–Crippen MR) is 491 cm³/mol. The van der Waals surface area contributed by atoms with Crippen LogP contribution in [0.25, 0.3) is 55.6 Å². The molecule has 0 unspecified atom stereocenters. The Morgan fingerprint density at radius 2 is 0.466 bits per heavy atom. The smallest absolute Gasteiger partial charge is 0.252 e. The normalized spacial score (nSPS) is 12.6. The van der Waals surface area contributed by atoms with Crippen LogP contribution in [0.5, 0.6) is 0 Å². The minimum atomic E-state index is -0.293. The lowest BCUT2D eigenvalue weighted by molar-refractivity contribution is 1.21. The SMILES string of the molecule is c1ccc(-c2ccccc2N(c2ccccc2)c2cc3c4c(c2)N(c2ccccc2-c2ccccc2)c2ccccc2B4c2cc4c(cc2N3c2ccccc2)N(c2c(-c3ccccc3)cccc2-c2ccccc2)c2cc(N(c3ccccc3)c3ccccc3-c3ccccc3)cc3c2B4c2ccccc2N3c2ccccc2)cc1. The van der Waals surface area contributed by atoms with Gasteiger partial charge in [-0.15, -0.1) is 0 Å². The topological polar surface area (TPSA) is 19.4 Å². The highest BCUT2D eigenvalue weighted by molar-refractivity contribution is 7.03. The third kappa shape index (κ3) is 11.3. The van der Waals surface area contributed by atoms with Crippen molar-refractivity contribution >= 4 is 149 Å². The third-order valence-electron chi connectivity index (χ3n) is 23.7. The van der Waals surface area contributed by atoms with Crippen LogP contribution in [0.3, 0.4) is 0 Å². The second-order valence-corrected chi connectivity index (χ2v) is 30.2. The van der Waals surface area contributed by atoms with Crippen molar-refractivity contribution < 1.29 is 0 Å². The lowest BCUT2D eigenvalue weighted by Crippen LogP contribution is -2.65. The van der Waals surface area contributed by atoms with Gasteiger partial charge in [-0.2, -0.15) is 0 Å². The summed E-state index contributed by atoms with van der Waals surface area (Å²) < 4.78 is 0. The number of anilines is 18. The van der Waals surface area contributed by atoms with Gasteiger partial charge in [0.15, 0.2) is 0 Å². The molecule has 8 heteroatoms. The Balaban J connectivity index is 0.897. The van der Waals surface area contributed by atoms with Crippen LogP contribution < -0.4 is 62.2 Å². The van der Waals surface area contributed by atoms with Crippen molar-refractivity contribution in [3.05, 3.63) is 449 Å². The van der Waals surface area contributed by atoms with Crippen molar-refractivity contribution in [2.45, 2.75) is 0 Å². The standard InChI is InChI=1S/C108H74B2N6/c1-10-39-75(40-11-1)86-57-28-33-64-95(86)111(80-49-20-6-21-50-80)84-70-103-106-104(71-84)115(97-66-35-30-59-88(97)77-43-14-3-15-44-77)99-68-37-32-63-92(99)110(106)93-73-94-101(74-100(93)114(103)83-55-26-9-27-56-83)116(108-89(78-45-16-4-17-46-78)60-38-61-90(108)79-47-18-5-19-48-79)105-72-85(69-102-107(105)109(94)91-62-31-36-67-98(91)113(102)82-53-24-8-25-54-82)112(81-51-22-7-23-52-81)96-65-34-29-58-87(96)76-41-12-2-13-42-76/h1-74H. The zero-order chi connectivity index (χ0) is 76.6. The van der Waals surface area contributed by atoms with E-state index in [0.717, 1.165) is 158 Å². The van der Waals surface area contributed by atoms with Crippen molar-refractivity contribution in [2.24, 2.45) is 0 Å². The molecule has 116 heavy (non-hydrogen) atoms. The van der Waals surface area contributed by atoms with Gasteiger partial charge in [-0.25, -0.2) is 0 Å². The Morgan fingerprint density at radius 3 is 0.897 bits per heavy atom. The molecule has 4 aliphatic heterocycles. The van der Waals surface area contributed by atoms with E-state index in [1.165, 1.54) is 32.8 Å². The molecule has 0 bridgehead atoms. The van der Waals surface area contributed by atoms with Gasteiger partial charge in [0.05, 0.1) is 34.1 Å². The number of hydrogen-bond acceptors (Lipinski definition) is 6. The van der Waals surface area contributed by atoms with E-state index < -0.39 is 0 Å². The molecule has 0 saturated heterocycles. The van der Waals surface area contributed by atoms with E-state index in [9.17, 15) is 0 Å². The number of para-hydroxylation sites is 10. The molecular weight excluding hydrogens is 1400 g/mol. The zero-order valence-corrected chi connectivity index (χ0v) is 63.6. The van der Waals surface area contributed by atoms with Gasteiger partial charge in [0.25, 0.3) is 13.4 Å². The van der Waals surface area contributed by atoms with E-state index in [1.54, 1.807) is 0 Å². The summed E-state index contributed by atoms with van der Waals surface area (Å²) in [7, 11) is 0. The van der Waals surface area contributed by atoms with Crippen LogP contribution in [-0.2, 0) is 0 Å². The van der Waals surface area contributed by atoms with Gasteiger partial charge in [-0.1, -0.05) is 340 Å². The number of fused-ring (bicyclic) bond motifs is 8. The van der Waals surface area contributed by atoms with Gasteiger partial charge >= 0.3 is 0 Å². The maximum absolute atomic E-state index is 2.71. The summed E-state index contributed by atoms with van der Waals surface area (Å²) in [6.07, 6.45) is 0. The molecule has 0 spiro atoms. The van der Waals surface area contributed by atoms with Gasteiger partial charge in [-0.3, -0.25) is 0 Å². The number of nitrogens with zero attached hydrogens (tertiary/aromatic N) is 6. The van der Waals surface area contributed by atoms with Crippen LogP contribution in [0.15, 0.2) is 449 Å². The van der Waals surface area contributed by atoms with Gasteiger partial charge < -0.3 is 29.4 Å². The van der Waals surface area contributed by atoms with Gasteiger partial charge in [0.2, 0.25) is 0 Å². The fraction of sp³-hybridized carbons (Fsp3) is 0. The molecule has 0 N–H and O–H groups in total. The summed E-state index contributed by atoms with van der Waals surface area (Å²) in [5, 5.41) is 0. The van der Waals surface area contributed by atoms with Crippen molar-refractivity contribution in [1.82, 2.24) is 0 Å². The van der Waals surface area contributed by atoms with Gasteiger partial charge in [0.1, 0.15) is 0 Å².